The average molecular weight is 492 g/mol. The maximum Gasteiger partial charge on any atom is 0.262 e. The Hall–Kier alpha value is -2.75. The summed E-state index contributed by atoms with van der Waals surface area (Å²) in [6, 6.07) is 10.1. The van der Waals surface area contributed by atoms with Crippen LogP contribution >= 0.6 is 23.4 Å². The lowest BCUT2D eigenvalue weighted by molar-refractivity contribution is -0.113. The van der Waals surface area contributed by atoms with Crippen molar-refractivity contribution in [3.05, 3.63) is 51.8 Å². The highest BCUT2D eigenvalue weighted by molar-refractivity contribution is 7.99. The molecule has 1 aromatic heterocycles. The summed E-state index contributed by atoms with van der Waals surface area (Å²) in [5.41, 5.74) is 0.811. The minimum absolute atomic E-state index is 0.0460. The number of ether oxygens (including phenoxy) is 3. The molecule has 0 radical (unpaired) electrons. The van der Waals surface area contributed by atoms with Crippen LogP contribution in [0, 0.1) is 0 Å². The van der Waals surface area contributed by atoms with Crippen LogP contribution in [0.25, 0.3) is 10.9 Å². The Morgan fingerprint density at radius 3 is 2.73 bits per heavy atom. The van der Waals surface area contributed by atoms with E-state index >= 15 is 0 Å². The molecule has 0 saturated carbocycles. The number of fused-ring (bicyclic) bond motifs is 1. The number of hydrogen-bond acceptors (Lipinski definition) is 7. The van der Waals surface area contributed by atoms with Gasteiger partial charge in [0.15, 0.2) is 5.16 Å². The van der Waals surface area contributed by atoms with E-state index in [9.17, 15) is 9.59 Å². The van der Waals surface area contributed by atoms with Crippen LogP contribution in [0.4, 0.5) is 5.69 Å². The molecule has 2 aromatic carbocycles. The minimum atomic E-state index is -0.271. The molecule has 0 bridgehead atoms. The van der Waals surface area contributed by atoms with Crippen LogP contribution in [0.5, 0.6) is 11.5 Å². The smallest absolute Gasteiger partial charge is 0.262 e. The second kappa shape index (κ2) is 11.9. The lowest BCUT2D eigenvalue weighted by atomic mass is 10.2. The van der Waals surface area contributed by atoms with Gasteiger partial charge in [-0.05, 0) is 43.7 Å². The largest absolute Gasteiger partial charge is 0.497 e. The highest BCUT2D eigenvalue weighted by Crippen LogP contribution is 2.29. The molecule has 176 valence electrons. The Balaban J connectivity index is 1.82. The molecule has 0 unspecified atom stereocenters. The molecule has 0 fully saturated rings. The standard InChI is InChI=1S/C23H26ClN3O5S/c1-4-32-11-5-10-27-22(29)17-8-6-15(24)12-18(17)26-23(27)33-14-21(28)25-19-13-16(30-2)7-9-20(19)31-3/h6-9,12-13H,4-5,10-11,14H2,1-3H3,(H,25,28). The quantitative estimate of drug-likeness (QED) is 0.244. The zero-order chi connectivity index (χ0) is 23.8. The number of rotatable bonds is 11. The molecule has 10 heteroatoms. The molecule has 0 saturated heterocycles. The van der Waals surface area contributed by atoms with Crippen LogP contribution < -0.4 is 20.3 Å². The topological polar surface area (TPSA) is 91.7 Å². The number of amides is 1. The van der Waals surface area contributed by atoms with Crippen molar-refractivity contribution in [2.75, 3.05) is 38.5 Å². The van der Waals surface area contributed by atoms with E-state index in [0.717, 1.165) is 0 Å². The summed E-state index contributed by atoms with van der Waals surface area (Å²) in [6.07, 6.45) is 0.648. The van der Waals surface area contributed by atoms with Crippen molar-refractivity contribution in [1.29, 1.82) is 0 Å². The molecule has 1 amide bonds. The fourth-order valence-electron chi connectivity index (χ4n) is 3.18. The number of nitrogens with one attached hydrogen (secondary N) is 1. The molecule has 8 nitrogen and oxygen atoms in total. The summed E-state index contributed by atoms with van der Waals surface area (Å²) in [5, 5.41) is 4.23. The average Bonchev–Trinajstić information content (AvgIpc) is 2.81. The molecule has 3 rings (SSSR count). The number of carbonyl (C=O) groups excluding carboxylic acids is 1. The maximum atomic E-state index is 13.1. The third-order valence-electron chi connectivity index (χ3n) is 4.77. The van der Waals surface area contributed by atoms with Gasteiger partial charge in [0.05, 0.1) is 36.6 Å². The molecule has 0 aliphatic rings. The molecule has 0 atom stereocenters. The number of aromatic nitrogens is 2. The Kier molecular flexibility index (Phi) is 8.99. The number of halogens is 1. The van der Waals surface area contributed by atoms with Gasteiger partial charge >= 0.3 is 0 Å². The summed E-state index contributed by atoms with van der Waals surface area (Å²) in [6.45, 7) is 3.49. The fraction of sp³-hybridized carbons (Fsp3) is 0.348. The Labute approximate surface area is 201 Å². The van der Waals surface area contributed by atoms with Gasteiger partial charge in [0, 0.05) is 30.8 Å². The summed E-state index contributed by atoms with van der Waals surface area (Å²) < 4.78 is 17.5. The van der Waals surface area contributed by atoms with E-state index in [0.29, 0.717) is 64.4 Å². The SMILES string of the molecule is CCOCCCn1c(SCC(=O)Nc2cc(OC)ccc2OC)nc2cc(Cl)ccc2c1=O. The van der Waals surface area contributed by atoms with Gasteiger partial charge in [0.1, 0.15) is 11.5 Å². The second-order valence-corrected chi connectivity index (χ2v) is 8.35. The normalized spacial score (nSPS) is 10.9. The van der Waals surface area contributed by atoms with Crippen LogP contribution in [0.1, 0.15) is 13.3 Å². The van der Waals surface area contributed by atoms with Crippen LogP contribution in [0.15, 0.2) is 46.3 Å². The third kappa shape index (κ3) is 6.40. The fourth-order valence-corrected chi connectivity index (χ4v) is 4.17. The lowest BCUT2D eigenvalue weighted by Gasteiger charge is -2.14. The number of nitrogens with zero attached hydrogens (tertiary/aromatic N) is 2. The zero-order valence-corrected chi connectivity index (χ0v) is 20.3. The van der Waals surface area contributed by atoms with Crippen molar-refractivity contribution in [1.82, 2.24) is 9.55 Å². The molecule has 0 aliphatic carbocycles. The molecule has 33 heavy (non-hydrogen) atoms. The van der Waals surface area contributed by atoms with Crippen LogP contribution in [-0.4, -0.2) is 48.6 Å². The third-order valence-corrected chi connectivity index (χ3v) is 5.98. The second-order valence-electron chi connectivity index (χ2n) is 6.97. The van der Waals surface area contributed by atoms with E-state index in [1.54, 1.807) is 48.1 Å². The van der Waals surface area contributed by atoms with Crippen molar-refractivity contribution < 1.29 is 19.0 Å². The van der Waals surface area contributed by atoms with Crippen molar-refractivity contribution >= 4 is 45.9 Å². The van der Waals surface area contributed by atoms with Gasteiger partial charge in [0.25, 0.3) is 5.56 Å². The number of hydrogen-bond donors (Lipinski definition) is 1. The summed E-state index contributed by atoms with van der Waals surface area (Å²) in [4.78, 5) is 30.4. The first-order valence-corrected chi connectivity index (χ1v) is 11.8. The van der Waals surface area contributed by atoms with E-state index in [-0.39, 0.29) is 17.2 Å². The monoisotopic (exact) mass is 491 g/mol. The number of thioether (sulfide) groups is 1. The molecule has 0 spiro atoms. The predicted octanol–water partition coefficient (Wildman–Crippen LogP) is 4.22. The van der Waals surface area contributed by atoms with E-state index < -0.39 is 0 Å². The lowest BCUT2D eigenvalue weighted by Crippen LogP contribution is -2.25. The van der Waals surface area contributed by atoms with Gasteiger partial charge in [-0.3, -0.25) is 14.2 Å². The van der Waals surface area contributed by atoms with Crippen molar-refractivity contribution in [2.45, 2.75) is 25.0 Å². The Morgan fingerprint density at radius 2 is 2.00 bits per heavy atom. The maximum absolute atomic E-state index is 13.1. The Morgan fingerprint density at radius 1 is 1.18 bits per heavy atom. The van der Waals surface area contributed by atoms with Gasteiger partial charge in [0.2, 0.25) is 5.91 Å². The minimum Gasteiger partial charge on any atom is -0.497 e. The number of benzene rings is 2. The van der Waals surface area contributed by atoms with Gasteiger partial charge in [-0.1, -0.05) is 23.4 Å². The van der Waals surface area contributed by atoms with Gasteiger partial charge in [-0.2, -0.15) is 0 Å². The van der Waals surface area contributed by atoms with Crippen molar-refractivity contribution in [3.8, 4) is 11.5 Å². The van der Waals surface area contributed by atoms with Crippen LogP contribution in [0.2, 0.25) is 5.02 Å². The van der Waals surface area contributed by atoms with Crippen LogP contribution in [-0.2, 0) is 16.1 Å². The van der Waals surface area contributed by atoms with Crippen molar-refractivity contribution in [2.24, 2.45) is 0 Å². The number of carbonyl (C=O) groups is 1. The first kappa shape index (κ1) is 24.9. The van der Waals surface area contributed by atoms with Gasteiger partial charge in [-0.25, -0.2) is 4.98 Å². The summed E-state index contributed by atoms with van der Waals surface area (Å²) in [7, 11) is 3.07. The Bertz CT molecular complexity index is 1180. The van der Waals surface area contributed by atoms with Gasteiger partial charge < -0.3 is 19.5 Å². The number of anilines is 1. The van der Waals surface area contributed by atoms with Gasteiger partial charge in [-0.15, -0.1) is 0 Å². The highest BCUT2D eigenvalue weighted by atomic mass is 35.5. The van der Waals surface area contributed by atoms with E-state index in [1.165, 1.54) is 18.9 Å². The van der Waals surface area contributed by atoms with E-state index in [4.69, 9.17) is 25.8 Å². The van der Waals surface area contributed by atoms with E-state index in [1.807, 2.05) is 6.92 Å². The molecular weight excluding hydrogens is 466 g/mol. The number of methoxy groups -OCH3 is 2. The molecule has 1 heterocycles. The highest BCUT2D eigenvalue weighted by Gasteiger charge is 2.15. The van der Waals surface area contributed by atoms with Crippen LogP contribution in [0.3, 0.4) is 0 Å². The predicted molar refractivity (Wildman–Crippen MR) is 131 cm³/mol. The first-order valence-electron chi connectivity index (χ1n) is 10.4. The molecule has 0 aliphatic heterocycles. The summed E-state index contributed by atoms with van der Waals surface area (Å²) in [5.74, 6) is 0.882. The van der Waals surface area contributed by atoms with E-state index in [2.05, 4.69) is 10.3 Å². The first-order chi connectivity index (χ1) is 16.0. The molecular formula is C23H26ClN3O5S. The molecule has 3 aromatic rings. The van der Waals surface area contributed by atoms with Crippen molar-refractivity contribution in [3.63, 3.8) is 0 Å². The zero-order valence-electron chi connectivity index (χ0n) is 18.7. The summed E-state index contributed by atoms with van der Waals surface area (Å²) >= 11 is 7.27. The molecule has 1 N–H and O–H groups in total.